The van der Waals surface area contributed by atoms with Crippen LogP contribution in [0.1, 0.15) is 35.1 Å². The summed E-state index contributed by atoms with van der Waals surface area (Å²) in [6.45, 7) is 10.4. The van der Waals surface area contributed by atoms with Crippen molar-refractivity contribution in [2.45, 2.75) is 53.2 Å². The Morgan fingerprint density at radius 1 is 1.04 bits per heavy atom. The van der Waals surface area contributed by atoms with Crippen molar-refractivity contribution < 1.29 is 4.74 Å². The minimum Gasteiger partial charge on any atom is -0.376 e. The average Bonchev–Trinajstić information content (AvgIpc) is 3.28. The highest BCUT2D eigenvalue weighted by molar-refractivity contribution is 7.07. The number of hydrogen-bond acceptors (Lipinski definition) is 3. The Balaban J connectivity index is 1.85. The van der Waals surface area contributed by atoms with Crippen molar-refractivity contribution in [3.63, 3.8) is 0 Å². The van der Waals surface area contributed by atoms with Gasteiger partial charge in [-0.25, -0.2) is 4.99 Å². The van der Waals surface area contributed by atoms with Crippen molar-refractivity contribution >= 4 is 17.0 Å². The topological polar surface area (TPSA) is 26.5 Å². The lowest BCUT2D eigenvalue weighted by Crippen LogP contribution is -2.24. The van der Waals surface area contributed by atoms with Gasteiger partial charge in [-0.2, -0.15) is 0 Å². The van der Waals surface area contributed by atoms with Crippen molar-refractivity contribution in [2.24, 2.45) is 4.99 Å². The SMILES string of the molecule is Cc1ccc(N=c2scc(-c3c(C)cc(C)cc3C)n2C[C@H]2CCCO2)cc1. The summed E-state index contributed by atoms with van der Waals surface area (Å²) in [6.07, 6.45) is 2.55. The van der Waals surface area contributed by atoms with E-state index in [9.17, 15) is 0 Å². The second-order valence-corrected chi connectivity index (χ2v) is 8.71. The van der Waals surface area contributed by atoms with Gasteiger partial charge in [0, 0.05) is 17.6 Å². The second kappa shape index (κ2) is 8.06. The molecule has 0 aliphatic carbocycles. The molecule has 28 heavy (non-hydrogen) atoms. The van der Waals surface area contributed by atoms with Crippen LogP contribution in [-0.2, 0) is 11.3 Å². The first kappa shape index (κ1) is 19.2. The molecule has 0 N–H and O–H groups in total. The molecule has 1 fully saturated rings. The first-order valence-electron chi connectivity index (χ1n) is 10.0. The van der Waals surface area contributed by atoms with Gasteiger partial charge in [0.15, 0.2) is 4.80 Å². The molecule has 0 saturated carbocycles. The van der Waals surface area contributed by atoms with Crippen molar-refractivity contribution in [2.75, 3.05) is 6.61 Å². The van der Waals surface area contributed by atoms with Gasteiger partial charge in [0.1, 0.15) is 0 Å². The second-order valence-electron chi connectivity index (χ2n) is 7.87. The molecule has 0 radical (unpaired) electrons. The van der Waals surface area contributed by atoms with Gasteiger partial charge in [-0.05, 0) is 63.8 Å². The molecule has 2 heterocycles. The van der Waals surface area contributed by atoms with E-state index in [1.54, 1.807) is 11.3 Å². The highest BCUT2D eigenvalue weighted by Gasteiger charge is 2.20. The maximum absolute atomic E-state index is 5.96. The predicted octanol–water partition coefficient (Wildman–Crippen LogP) is 5.86. The zero-order valence-electron chi connectivity index (χ0n) is 17.2. The Morgan fingerprint density at radius 2 is 1.75 bits per heavy atom. The summed E-state index contributed by atoms with van der Waals surface area (Å²) >= 11 is 1.72. The van der Waals surface area contributed by atoms with Crippen molar-refractivity contribution in [1.29, 1.82) is 0 Å². The fraction of sp³-hybridized carbons (Fsp3) is 0.375. The van der Waals surface area contributed by atoms with Gasteiger partial charge in [0.05, 0.1) is 24.0 Å². The maximum Gasteiger partial charge on any atom is 0.190 e. The third-order valence-corrected chi connectivity index (χ3v) is 6.26. The molecule has 0 spiro atoms. The summed E-state index contributed by atoms with van der Waals surface area (Å²) in [5.74, 6) is 0. The quantitative estimate of drug-likeness (QED) is 0.546. The molecule has 4 rings (SSSR count). The van der Waals surface area contributed by atoms with E-state index in [4.69, 9.17) is 9.73 Å². The van der Waals surface area contributed by atoms with Crippen molar-refractivity contribution in [1.82, 2.24) is 4.57 Å². The Bertz CT molecular complexity index is 1010. The summed E-state index contributed by atoms with van der Waals surface area (Å²) in [5, 5.41) is 2.26. The third-order valence-electron chi connectivity index (χ3n) is 5.40. The first-order valence-corrected chi connectivity index (χ1v) is 10.9. The number of aromatic nitrogens is 1. The summed E-state index contributed by atoms with van der Waals surface area (Å²) in [7, 11) is 0. The monoisotopic (exact) mass is 392 g/mol. The minimum absolute atomic E-state index is 0.274. The van der Waals surface area contributed by atoms with E-state index >= 15 is 0 Å². The van der Waals surface area contributed by atoms with Crippen LogP contribution in [-0.4, -0.2) is 17.3 Å². The van der Waals surface area contributed by atoms with Crippen LogP contribution < -0.4 is 4.80 Å². The smallest absolute Gasteiger partial charge is 0.190 e. The summed E-state index contributed by atoms with van der Waals surface area (Å²) < 4.78 is 8.33. The molecule has 1 saturated heterocycles. The maximum atomic E-state index is 5.96. The van der Waals surface area contributed by atoms with Gasteiger partial charge in [-0.1, -0.05) is 35.4 Å². The Kier molecular flexibility index (Phi) is 5.51. The van der Waals surface area contributed by atoms with Crippen LogP contribution in [0.4, 0.5) is 5.69 Å². The molecular formula is C24H28N2OS. The molecule has 2 aromatic carbocycles. The zero-order chi connectivity index (χ0) is 19.7. The number of benzene rings is 2. The lowest BCUT2D eigenvalue weighted by atomic mass is 9.97. The minimum atomic E-state index is 0.274. The van der Waals surface area contributed by atoms with E-state index < -0.39 is 0 Å². The number of hydrogen-bond donors (Lipinski definition) is 0. The van der Waals surface area contributed by atoms with E-state index in [1.165, 1.54) is 33.5 Å². The molecule has 3 aromatic rings. The Morgan fingerprint density at radius 3 is 2.39 bits per heavy atom. The predicted molar refractivity (Wildman–Crippen MR) is 117 cm³/mol. The number of thiazole rings is 1. The van der Waals surface area contributed by atoms with Crippen LogP contribution in [0, 0.1) is 27.7 Å². The van der Waals surface area contributed by atoms with Gasteiger partial charge in [0.2, 0.25) is 0 Å². The Hall–Kier alpha value is -2.17. The fourth-order valence-electron chi connectivity index (χ4n) is 4.10. The molecule has 1 atom stereocenters. The largest absolute Gasteiger partial charge is 0.376 e. The fourth-order valence-corrected chi connectivity index (χ4v) is 5.02. The zero-order valence-corrected chi connectivity index (χ0v) is 18.0. The highest BCUT2D eigenvalue weighted by Crippen LogP contribution is 2.30. The molecule has 1 aromatic heterocycles. The lowest BCUT2D eigenvalue weighted by molar-refractivity contribution is 0.0968. The van der Waals surface area contributed by atoms with Crippen LogP contribution in [0.5, 0.6) is 0 Å². The molecule has 3 nitrogen and oxygen atoms in total. The summed E-state index contributed by atoms with van der Waals surface area (Å²) in [6, 6.07) is 13.0. The number of ether oxygens (including phenoxy) is 1. The van der Waals surface area contributed by atoms with Crippen molar-refractivity contribution in [3.05, 3.63) is 68.8 Å². The van der Waals surface area contributed by atoms with Gasteiger partial charge in [0.25, 0.3) is 0 Å². The van der Waals surface area contributed by atoms with Crippen LogP contribution in [0.2, 0.25) is 0 Å². The van der Waals surface area contributed by atoms with E-state index in [1.807, 2.05) is 0 Å². The number of aryl methyl sites for hydroxylation is 4. The molecular weight excluding hydrogens is 364 g/mol. The first-order chi connectivity index (χ1) is 13.5. The molecule has 0 amide bonds. The van der Waals surface area contributed by atoms with Crippen LogP contribution in [0.25, 0.3) is 11.3 Å². The van der Waals surface area contributed by atoms with E-state index in [0.29, 0.717) is 0 Å². The van der Waals surface area contributed by atoms with Crippen molar-refractivity contribution in [3.8, 4) is 11.3 Å². The Labute approximate surface area is 171 Å². The van der Waals surface area contributed by atoms with Crippen LogP contribution >= 0.6 is 11.3 Å². The van der Waals surface area contributed by atoms with Gasteiger partial charge in [-0.15, -0.1) is 11.3 Å². The van der Waals surface area contributed by atoms with Crippen LogP contribution in [0.15, 0.2) is 46.8 Å². The lowest BCUT2D eigenvalue weighted by Gasteiger charge is -2.17. The van der Waals surface area contributed by atoms with Gasteiger partial charge < -0.3 is 9.30 Å². The molecule has 0 bridgehead atoms. The third kappa shape index (κ3) is 3.98. The molecule has 0 unspecified atom stereocenters. The highest BCUT2D eigenvalue weighted by atomic mass is 32.1. The van der Waals surface area contributed by atoms with Crippen LogP contribution in [0.3, 0.4) is 0 Å². The number of rotatable bonds is 4. The molecule has 146 valence electrons. The van der Waals surface area contributed by atoms with E-state index in [2.05, 4.69) is 74.0 Å². The standard InChI is InChI=1S/C24H28N2OS/c1-16-7-9-20(10-8-16)25-24-26(14-21-6-5-11-27-21)22(15-28-24)23-18(3)12-17(2)13-19(23)4/h7-10,12-13,15,21H,5-6,11,14H2,1-4H3/t21-/m1/s1. The number of nitrogens with zero attached hydrogens (tertiary/aromatic N) is 2. The van der Waals surface area contributed by atoms with E-state index in [-0.39, 0.29) is 6.10 Å². The molecule has 4 heteroatoms. The van der Waals surface area contributed by atoms with Gasteiger partial charge in [-0.3, -0.25) is 0 Å². The summed E-state index contributed by atoms with van der Waals surface area (Å²) in [4.78, 5) is 6.01. The molecule has 1 aliphatic heterocycles. The average molecular weight is 393 g/mol. The molecule has 1 aliphatic rings. The summed E-state index contributed by atoms with van der Waals surface area (Å²) in [5.41, 5.74) is 8.77. The normalized spacial score (nSPS) is 17.4. The van der Waals surface area contributed by atoms with Gasteiger partial charge >= 0.3 is 0 Å². The van der Waals surface area contributed by atoms with E-state index in [0.717, 1.165) is 36.5 Å².